The third-order valence-corrected chi connectivity index (χ3v) is 2.92. The summed E-state index contributed by atoms with van der Waals surface area (Å²) in [4.78, 5) is 24.2. The summed E-state index contributed by atoms with van der Waals surface area (Å²) in [6.45, 7) is 8.38. The lowest BCUT2D eigenvalue weighted by Crippen LogP contribution is -2.40. The van der Waals surface area contributed by atoms with Gasteiger partial charge >= 0.3 is 11.1 Å². The molecular weight excluding hydrogens is 268 g/mol. The van der Waals surface area contributed by atoms with E-state index in [9.17, 15) is 9.59 Å². The van der Waals surface area contributed by atoms with E-state index in [0.29, 0.717) is 18.8 Å². The molecule has 21 heavy (non-hydrogen) atoms. The van der Waals surface area contributed by atoms with Gasteiger partial charge in [-0.25, -0.2) is 0 Å². The van der Waals surface area contributed by atoms with Crippen LogP contribution in [0, 0.1) is 0 Å². The number of hydrogen-bond acceptors (Lipinski definition) is 3. The molecule has 5 nitrogen and oxygen atoms in total. The zero-order valence-corrected chi connectivity index (χ0v) is 12.2. The molecule has 0 amide bonds. The maximum Gasteiger partial charge on any atom is 0.320 e. The third kappa shape index (κ3) is 3.31. The van der Waals surface area contributed by atoms with Gasteiger partial charge in [0.05, 0.1) is 6.61 Å². The number of aromatic nitrogens is 2. The molecule has 1 heterocycles. The highest BCUT2D eigenvalue weighted by Crippen LogP contribution is 2.13. The second-order valence-corrected chi connectivity index (χ2v) is 4.79. The topological polar surface area (TPSA) is 53.2 Å². The first kappa shape index (κ1) is 14.8. The van der Waals surface area contributed by atoms with Crippen LogP contribution in [0.1, 0.15) is 13.8 Å². The lowest BCUT2D eigenvalue weighted by molar-refractivity contribution is 0.340. The largest absolute Gasteiger partial charge is 0.494 e. The van der Waals surface area contributed by atoms with Crippen LogP contribution in [0.5, 0.6) is 5.75 Å². The summed E-state index contributed by atoms with van der Waals surface area (Å²) in [6, 6.07) is 7.03. The molecule has 0 atom stereocenters. The SMILES string of the molecule is C=C(C)Cn1ccn(-c2ccc(OCC)cc2)c(=O)c1=O. The van der Waals surface area contributed by atoms with Gasteiger partial charge in [-0.15, -0.1) is 0 Å². The van der Waals surface area contributed by atoms with E-state index in [1.165, 1.54) is 9.13 Å². The zero-order chi connectivity index (χ0) is 15.4. The van der Waals surface area contributed by atoms with Gasteiger partial charge in [0.25, 0.3) is 0 Å². The Bertz CT molecular complexity index is 754. The van der Waals surface area contributed by atoms with Gasteiger partial charge in [-0.1, -0.05) is 12.2 Å². The van der Waals surface area contributed by atoms with Crippen LogP contribution < -0.4 is 15.9 Å². The van der Waals surface area contributed by atoms with Gasteiger partial charge in [0.15, 0.2) is 0 Å². The first-order chi connectivity index (χ1) is 10.0. The van der Waals surface area contributed by atoms with Gasteiger partial charge in [0, 0.05) is 24.6 Å². The van der Waals surface area contributed by atoms with Crippen molar-refractivity contribution in [2.45, 2.75) is 20.4 Å². The van der Waals surface area contributed by atoms with E-state index >= 15 is 0 Å². The quantitative estimate of drug-likeness (QED) is 0.624. The molecule has 0 unspecified atom stereocenters. The molecule has 2 rings (SSSR count). The molecule has 5 heteroatoms. The summed E-state index contributed by atoms with van der Waals surface area (Å²) >= 11 is 0. The molecule has 0 bridgehead atoms. The van der Waals surface area contributed by atoms with Gasteiger partial charge in [-0.05, 0) is 38.1 Å². The lowest BCUT2D eigenvalue weighted by Gasteiger charge is -2.09. The number of hydrogen-bond donors (Lipinski definition) is 0. The van der Waals surface area contributed by atoms with Crippen LogP contribution in [0.4, 0.5) is 0 Å². The molecule has 0 saturated heterocycles. The fourth-order valence-electron chi connectivity index (χ4n) is 2.00. The fraction of sp³-hybridized carbons (Fsp3) is 0.250. The Morgan fingerprint density at radius 3 is 2.38 bits per heavy atom. The smallest absolute Gasteiger partial charge is 0.320 e. The minimum Gasteiger partial charge on any atom is -0.494 e. The molecule has 0 aliphatic carbocycles. The number of benzene rings is 1. The molecule has 0 saturated carbocycles. The molecule has 0 fully saturated rings. The highest BCUT2D eigenvalue weighted by atomic mass is 16.5. The van der Waals surface area contributed by atoms with Crippen LogP contribution in [0.2, 0.25) is 0 Å². The second-order valence-electron chi connectivity index (χ2n) is 4.79. The van der Waals surface area contributed by atoms with Crippen molar-refractivity contribution < 1.29 is 4.74 Å². The van der Waals surface area contributed by atoms with Crippen molar-refractivity contribution >= 4 is 0 Å². The van der Waals surface area contributed by atoms with Crippen LogP contribution in [0.3, 0.4) is 0 Å². The Hall–Kier alpha value is -2.56. The standard InChI is InChI=1S/C16H18N2O3/c1-4-21-14-7-5-13(6-8-14)18-10-9-17(11-12(2)3)15(19)16(18)20/h5-10H,2,4,11H2,1,3H3. The second kappa shape index (κ2) is 6.26. The van der Waals surface area contributed by atoms with Crippen LogP contribution >= 0.6 is 0 Å². The summed E-state index contributed by atoms with van der Waals surface area (Å²) in [5.41, 5.74) is 0.302. The minimum atomic E-state index is -0.581. The molecule has 0 aliphatic rings. The first-order valence-electron chi connectivity index (χ1n) is 6.72. The molecule has 0 N–H and O–H groups in total. The van der Waals surface area contributed by atoms with Crippen LogP contribution in [0.15, 0.2) is 58.4 Å². The number of ether oxygens (including phenoxy) is 1. The predicted molar refractivity (Wildman–Crippen MR) is 82.3 cm³/mol. The maximum atomic E-state index is 12.2. The van der Waals surface area contributed by atoms with E-state index in [1.54, 1.807) is 36.7 Å². The molecule has 2 aromatic rings. The van der Waals surface area contributed by atoms with E-state index in [0.717, 1.165) is 11.3 Å². The molecule has 0 radical (unpaired) electrons. The van der Waals surface area contributed by atoms with Crippen molar-refractivity contribution in [2.24, 2.45) is 0 Å². The summed E-state index contributed by atoms with van der Waals surface area (Å²) in [5, 5.41) is 0. The van der Waals surface area contributed by atoms with Gasteiger partial charge in [0.2, 0.25) is 0 Å². The summed E-state index contributed by atoms with van der Waals surface area (Å²) in [6.07, 6.45) is 3.18. The van der Waals surface area contributed by atoms with E-state index < -0.39 is 11.1 Å². The van der Waals surface area contributed by atoms with Crippen LogP contribution in [-0.2, 0) is 6.54 Å². The molecule has 110 valence electrons. The zero-order valence-electron chi connectivity index (χ0n) is 12.2. The Morgan fingerprint density at radius 1 is 1.14 bits per heavy atom. The Balaban J connectivity index is 2.41. The predicted octanol–water partition coefficient (Wildman–Crippen LogP) is 1.97. The van der Waals surface area contributed by atoms with Crippen molar-refractivity contribution in [3.63, 3.8) is 0 Å². The van der Waals surface area contributed by atoms with Gasteiger partial charge in [-0.3, -0.25) is 14.2 Å². The summed E-state index contributed by atoms with van der Waals surface area (Å²) in [7, 11) is 0. The van der Waals surface area contributed by atoms with E-state index in [-0.39, 0.29) is 0 Å². The Labute approximate surface area is 122 Å². The fourth-order valence-corrected chi connectivity index (χ4v) is 2.00. The monoisotopic (exact) mass is 286 g/mol. The molecule has 1 aromatic carbocycles. The van der Waals surface area contributed by atoms with Gasteiger partial charge < -0.3 is 9.30 Å². The number of rotatable bonds is 5. The minimum absolute atomic E-state index is 0.345. The van der Waals surface area contributed by atoms with Gasteiger partial charge in [-0.2, -0.15) is 0 Å². The van der Waals surface area contributed by atoms with E-state index in [2.05, 4.69) is 6.58 Å². The van der Waals surface area contributed by atoms with Crippen LogP contribution in [0.25, 0.3) is 5.69 Å². The molecule has 1 aromatic heterocycles. The lowest BCUT2D eigenvalue weighted by atomic mass is 10.3. The van der Waals surface area contributed by atoms with Crippen LogP contribution in [-0.4, -0.2) is 15.7 Å². The van der Waals surface area contributed by atoms with E-state index in [4.69, 9.17) is 4.74 Å². The summed E-state index contributed by atoms with van der Waals surface area (Å²) in [5.74, 6) is 0.727. The average molecular weight is 286 g/mol. The highest BCUT2D eigenvalue weighted by Gasteiger charge is 2.07. The molecule has 0 aliphatic heterocycles. The Morgan fingerprint density at radius 2 is 1.81 bits per heavy atom. The van der Waals surface area contributed by atoms with E-state index in [1.807, 2.05) is 13.8 Å². The third-order valence-electron chi connectivity index (χ3n) is 2.92. The number of allylic oxidation sites excluding steroid dienone is 1. The van der Waals surface area contributed by atoms with Crippen molar-refractivity contribution in [1.82, 2.24) is 9.13 Å². The van der Waals surface area contributed by atoms with Crippen molar-refractivity contribution in [2.75, 3.05) is 6.61 Å². The summed E-state index contributed by atoms with van der Waals surface area (Å²) < 4.78 is 8.03. The maximum absolute atomic E-state index is 12.2. The number of nitrogens with zero attached hydrogens (tertiary/aromatic N) is 2. The van der Waals surface area contributed by atoms with Crippen molar-refractivity contribution in [1.29, 1.82) is 0 Å². The Kier molecular flexibility index (Phi) is 4.42. The molecular formula is C16H18N2O3. The normalized spacial score (nSPS) is 10.4. The van der Waals surface area contributed by atoms with Crippen molar-refractivity contribution in [3.05, 3.63) is 69.5 Å². The molecule has 0 spiro atoms. The average Bonchev–Trinajstić information content (AvgIpc) is 2.45. The van der Waals surface area contributed by atoms with Gasteiger partial charge in [0.1, 0.15) is 5.75 Å². The van der Waals surface area contributed by atoms with Crippen molar-refractivity contribution in [3.8, 4) is 11.4 Å². The first-order valence-corrected chi connectivity index (χ1v) is 6.72. The highest BCUT2D eigenvalue weighted by molar-refractivity contribution is 5.37.